The van der Waals surface area contributed by atoms with Crippen LogP contribution in [0.5, 0.6) is 0 Å². The molecule has 0 bridgehead atoms. The number of amides is 2. The highest BCUT2D eigenvalue weighted by Crippen LogP contribution is 2.12. The molecule has 0 atom stereocenters. The lowest BCUT2D eigenvalue weighted by atomic mass is 10.1. The lowest BCUT2D eigenvalue weighted by molar-refractivity contribution is 0.241. The third-order valence-electron chi connectivity index (χ3n) is 3.69. The number of hydrogen-bond donors (Lipinski definition) is 2. The molecule has 2 N–H and O–H groups in total. The van der Waals surface area contributed by atoms with Gasteiger partial charge in [-0.25, -0.2) is 4.79 Å². The molecule has 2 aromatic rings. The predicted octanol–water partition coefficient (Wildman–Crippen LogP) is 2.84. The lowest BCUT2D eigenvalue weighted by Gasteiger charge is -2.13. The number of nitrogens with one attached hydrogen (secondary N) is 2. The first-order valence-corrected chi connectivity index (χ1v) is 7.97. The van der Waals surface area contributed by atoms with E-state index in [-0.39, 0.29) is 6.03 Å². The minimum absolute atomic E-state index is 0.106. The lowest BCUT2D eigenvalue weighted by Crippen LogP contribution is -2.37. The zero-order valence-corrected chi connectivity index (χ0v) is 13.9. The van der Waals surface area contributed by atoms with E-state index in [1.165, 1.54) is 16.8 Å². The molecule has 0 fully saturated rings. The Morgan fingerprint density at radius 2 is 1.35 bits per heavy atom. The first kappa shape index (κ1) is 16.9. The van der Waals surface area contributed by atoms with Crippen LogP contribution in [-0.2, 0) is 12.8 Å². The number of anilines is 1. The molecule has 2 rings (SSSR count). The first-order chi connectivity index (χ1) is 11.1. The van der Waals surface area contributed by atoms with Crippen LogP contribution in [0.25, 0.3) is 0 Å². The van der Waals surface area contributed by atoms with Crippen molar-refractivity contribution in [1.29, 1.82) is 0 Å². The van der Waals surface area contributed by atoms with Crippen molar-refractivity contribution in [3.63, 3.8) is 0 Å². The van der Waals surface area contributed by atoms with Crippen LogP contribution >= 0.6 is 0 Å². The van der Waals surface area contributed by atoms with Crippen LogP contribution < -0.4 is 15.5 Å². The standard InChI is InChI=1S/C19H25N3O/c1-22(2)18-10-8-17(9-11-18)13-15-21-19(23)20-14-12-16-6-4-3-5-7-16/h3-11H,12-15H2,1-2H3,(H2,20,21,23). The Labute approximate surface area is 138 Å². The van der Waals surface area contributed by atoms with Gasteiger partial charge in [0.05, 0.1) is 0 Å². The fourth-order valence-electron chi connectivity index (χ4n) is 2.31. The Morgan fingerprint density at radius 3 is 1.87 bits per heavy atom. The number of carbonyl (C=O) groups is 1. The van der Waals surface area contributed by atoms with Crippen LogP contribution in [0.3, 0.4) is 0 Å². The Balaban J connectivity index is 1.62. The molecule has 2 amide bonds. The van der Waals surface area contributed by atoms with Crippen molar-refractivity contribution >= 4 is 11.7 Å². The molecular weight excluding hydrogens is 286 g/mol. The van der Waals surface area contributed by atoms with Gasteiger partial charge in [0.15, 0.2) is 0 Å². The van der Waals surface area contributed by atoms with Gasteiger partial charge in [-0.05, 0) is 36.1 Å². The van der Waals surface area contributed by atoms with Gasteiger partial charge >= 0.3 is 6.03 Å². The minimum atomic E-state index is -0.106. The summed E-state index contributed by atoms with van der Waals surface area (Å²) in [7, 11) is 4.05. The largest absolute Gasteiger partial charge is 0.378 e. The molecule has 0 saturated carbocycles. The summed E-state index contributed by atoms with van der Waals surface area (Å²) in [6.45, 7) is 1.28. The molecule has 0 aromatic heterocycles. The smallest absolute Gasteiger partial charge is 0.314 e. The van der Waals surface area contributed by atoms with E-state index < -0.39 is 0 Å². The van der Waals surface area contributed by atoms with Crippen molar-refractivity contribution in [2.75, 3.05) is 32.1 Å². The summed E-state index contributed by atoms with van der Waals surface area (Å²) in [5, 5.41) is 5.78. The Morgan fingerprint density at radius 1 is 0.826 bits per heavy atom. The SMILES string of the molecule is CN(C)c1ccc(CCNC(=O)NCCc2ccccc2)cc1. The Kier molecular flexibility index (Phi) is 6.48. The summed E-state index contributed by atoms with van der Waals surface area (Å²) in [5.41, 5.74) is 3.63. The second-order valence-corrected chi connectivity index (χ2v) is 5.73. The fraction of sp³-hybridized carbons (Fsp3) is 0.316. The average Bonchev–Trinajstić information content (AvgIpc) is 2.56. The van der Waals surface area contributed by atoms with E-state index in [1.807, 2.05) is 32.3 Å². The van der Waals surface area contributed by atoms with Gasteiger partial charge in [-0.2, -0.15) is 0 Å². The molecule has 4 nitrogen and oxygen atoms in total. The summed E-state index contributed by atoms with van der Waals surface area (Å²) in [6, 6.07) is 18.4. The van der Waals surface area contributed by atoms with Crippen molar-refractivity contribution in [3.05, 3.63) is 65.7 Å². The zero-order chi connectivity index (χ0) is 16.5. The molecule has 0 radical (unpaired) electrons. The molecule has 0 aliphatic heterocycles. The number of carbonyl (C=O) groups excluding carboxylic acids is 1. The van der Waals surface area contributed by atoms with Crippen molar-refractivity contribution in [3.8, 4) is 0 Å². The Hall–Kier alpha value is -2.49. The quantitative estimate of drug-likeness (QED) is 0.826. The molecule has 0 unspecified atom stereocenters. The normalized spacial score (nSPS) is 10.2. The van der Waals surface area contributed by atoms with Crippen molar-refractivity contribution in [1.82, 2.24) is 10.6 Å². The zero-order valence-electron chi connectivity index (χ0n) is 13.9. The molecule has 0 saturated heterocycles. The van der Waals surface area contributed by atoms with Gasteiger partial charge in [0.25, 0.3) is 0 Å². The van der Waals surface area contributed by atoms with E-state index in [0.717, 1.165) is 12.8 Å². The van der Waals surface area contributed by atoms with Gasteiger partial charge in [-0.1, -0.05) is 42.5 Å². The second-order valence-electron chi connectivity index (χ2n) is 5.73. The van der Waals surface area contributed by atoms with E-state index in [4.69, 9.17) is 0 Å². The van der Waals surface area contributed by atoms with Crippen LogP contribution in [0.2, 0.25) is 0 Å². The molecule has 0 aliphatic carbocycles. The number of rotatable bonds is 7. The highest BCUT2D eigenvalue weighted by molar-refractivity contribution is 5.73. The molecule has 23 heavy (non-hydrogen) atoms. The summed E-state index contributed by atoms with van der Waals surface area (Å²) in [6.07, 6.45) is 1.68. The molecule has 0 heterocycles. The van der Waals surface area contributed by atoms with E-state index >= 15 is 0 Å². The fourth-order valence-corrected chi connectivity index (χ4v) is 2.31. The number of hydrogen-bond acceptors (Lipinski definition) is 2. The summed E-state index contributed by atoms with van der Waals surface area (Å²) in [5.74, 6) is 0. The molecule has 2 aromatic carbocycles. The maximum Gasteiger partial charge on any atom is 0.314 e. The molecule has 0 spiro atoms. The van der Waals surface area contributed by atoms with Crippen LogP contribution in [-0.4, -0.2) is 33.2 Å². The van der Waals surface area contributed by atoms with Crippen molar-refractivity contribution in [2.45, 2.75) is 12.8 Å². The third-order valence-corrected chi connectivity index (χ3v) is 3.69. The van der Waals surface area contributed by atoms with E-state index in [1.54, 1.807) is 0 Å². The van der Waals surface area contributed by atoms with E-state index in [2.05, 4.69) is 51.9 Å². The van der Waals surface area contributed by atoms with Gasteiger partial charge in [-0.3, -0.25) is 0 Å². The van der Waals surface area contributed by atoms with Crippen LogP contribution in [0.4, 0.5) is 10.5 Å². The predicted molar refractivity (Wildman–Crippen MR) is 96.0 cm³/mol. The van der Waals surface area contributed by atoms with Gasteiger partial charge in [0, 0.05) is 32.9 Å². The van der Waals surface area contributed by atoms with Crippen molar-refractivity contribution in [2.24, 2.45) is 0 Å². The topological polar surface area (TPSA) is 44.4 Å². The highest BCUT2D eigenvalue weighted by Gasteiger charge is 2.01. The van der Waals surface area contributed by atoms with Crippen molar-refractivity contribution < 1.29 is 4.79 Å². The number of urea groups is 1. The van der Waals surface area contributed by atoms with E-state index in [0.29, 0.717) is 13.1 Å². The van der Waals surface area contributed by atoms with Gasteiger partial charge in [0.1, 0.15) is 0 Å². The Bertz CT molecular complexity index is 594. The molecule has 4 heteroatoms. The van der Waals surface area contributed by atoms with E-state index in [9.17, 15) is 4.79 Å². The van der Waals surface area contributed by atoms with Crippen LogP contribution in [0.1, 0.15) is 11.1 Å². The van der Waals surface area contributed by atoms with Gasteiger partial charge < -0.3 is 15.5 Å². The monoisotopic (exact) mass is 311 g/mol. The molecular formula is C19H25N3O. The summed E-state index contributed by atoms with van der Waals surface area (Å²) < 4.78 is 0. The summed E-state index contributed by atoms with van der Waals surface area (Å²) >= 11 is 0. The molecule has 0 aliphatic rings. The number of benzene rings is 2. The van der Waals surface area contributed by atoms with Gasteiger partial charge in [0.2, 0.25) is 0 Å². The molecule has 122 valence electrons. The highest BCUT2D eigenvalue weighted by atomic mass is 16.2. The first-order valence-electron chi connectivity index (χ1n) is 7.97. The average molecular weight is 311 g/mol. The summed E-state index contributed by atoms with van der Waals surface area (Å²) in [4.78, 5) is 13.8. The van der Waals surface area contributed by atoms with Crippen LogP contribution in [0.15, 0.2) is 54.6 Å². The third kappa shape index (κ3) is 6.02. The number of nitrogens with zero attached hydrogens (tertiary/aromatic N) is 1. The minimum Gasteiger partial charge on any atom is -0.378 e. The van der Waals surface area contributed by atoms with Gasteiger partial charge in [-0.15, -0.1) is 0 Å². The van der Waals surface area contributed by atoms with Crippen LogP contribution in [0, 0.1) is 0 Å². The maximum absolute atomic E-state index is 11.7. The second kappa shape index (κ2) is 8.83. The maximum atomic E-state index is 11.7.